The van der Waals surface area contributed by atoms with Crippen LogP contribution in [0.3, 0.4) is 0 Å². The highest BCUT2D eigenvalue weighted by Gasteiger charge is 2.14. The number of pyridine rings is 1. The Morgan fingerprint density at radius 3 is 2.96 bits per heavy atom. The minimum Gasteiger partial charge on any atom is -0.489 e. The van der Waals surface area contributed by atoms with Gasteiger partial charge in [0.05, 0.1) is 12.7 Å². The second kappa shape index (κ2) is 7.12. The standard InChI is InChI=1S/C18H20N4O2/c1-13-11-21-22(12-13)14(2)18(23)20-9-10-24-16-7-3-5-15-6-4-8-19-17(15)16/h3-8,11-12,14H,9-10H2,1-2H3,(H,20,23). The molecular formula is C18H20N4O2. The molecule has 1 N–H and O–H groups in total. The van der Waals surface area contributed by atoms with Gasteiger partial charge in [0.25, 0.3) is 0 Å². The van der Waals surface area contributed by atoms with Crippen molar-refractivity contribution in [3.63, 3.8) is 0 Å². The molecule has 0 saturated carbocycles. The Labute approximate surface area is 140 Å². The lowest BCUT2D eigenvalue weighted by atomic mass is 10.2. The summed E-state index contributed by atoms with van der Waals surface area (Å²) in [5.74, 6) is 0.635. The van der Waals surface area contributed by atoms with Gasteiger partial charge in [-0.2, -0.15) is 5.10 Å². The number of hydrogen-bond donors (Lipinski definition) is 1. The summed E-state index contributed by atoms with van der Waals surface area (Å²) in [5, 5.41) is 8.06. The van der Waals surface area contributed by atoms with Crippen LogP contribution in [-0.4, -0.2) is 33.8 Å². The highest BCUT2D eigenvalue weighted by atomic mass is 16.5. The van der Waals surface area contributed by atoms with E-state index in [9.17, 15) is 4.79 Å². The lowest BCUT2D eigenvalue weighted by molar-refractivity contribution is -0.124. The van der Waals surface area contributed by atoms with Gasteiger partial charge in [-0.25, -0.2) is 0 Å². The van der Waals surface area contributed by atoms with Crippen molar-refractivity contribution >= 4 is 16.8 Å². The first-order chi connectivity index (χ1) is 11.6. The molecule has 3 rings (SSSR count). The van der Waals surface area contributed by atoms with Crippen molar-refractivity contribution in [2.24, 2.45) is 0 Å². The van der Waals surface area contributed by atoms with Gasteiger partial charge in [0.15, 0.2) is 0 Å². The zero-order valence-electron chi connectivity index (χ0n) is 13.8. The molecule has 0 aliphatic carbocycles. The third kappa shape index (κ3) is 3.53. The van der Waals surface area contributed by atoms with Gasteiger partial charge in [-0.3, -0.25) is 14.5 Å². The lowest BCUT2D eigenvalue weighted by Gasteiger charge is -2.13. The molecule has 6 nitrogen and oxygen atoms in total. The summed E-state index contributed by atoms with van der Waals surface area (Å²) < 4.78 is 7.41. The van der Waals surface area contributed by atoms with Crippen LogP contribution in [0.4, 0.5) is 0 Å². The second-order valence-corrected chi connectivity index (χ2v) is 5.64. The van der Waals surface area contributed by atoms with E-state index >= 15 is 0 Å². The van der Waals surface area contributed by atoms with Crippen molar-refractivity contribution in [2.75, 3.05) is 13.2 Å². The summed E-state index contributed by atoms with van der Waals surface area (Å²) in [7, 11) is 0. The third-order valence-electron chi connectivity index (χ3n) is 3.76. The lowest BCUT2D eigenvalue weighted by Crippen LogP contribution is -2.34. The number of fused-ring (bicyclic) bond motifs is 1. The number of nitrogens with one attached hydrogen (secondary N) is 1. The maximum Gasteiger partial charge on any atom is 0.244 e. The molecule has 0 bridgehead atoms. The van der Waals surface area contributed by atoms with E-state index in [0.29, 0.717) is 13.2 Å². The monoisotopic (exact) mass is 324 g/mol. The van der Waals surface area contributed by atoms with E-state index in [-0.39, 0.29) is 11.9 Å². The van der Waals surface area contributed by atoms with E-state index in [1.54, 1.807) is 17.1 Å². The molecule has 0 radical (unpaired) electrons. The smallest absolute Gasteiger partial charge is 0.244 e. The Hall–Kier alpha value is -2.89. The van der Waals surface area contributed by atoms with Gasteiger partial charge in [-0.1, -0.05) is 18.2 Å². The summed E-state index contributed by atoms with van der Waals surface area (Å²) in [6, 6.07) is 9.34. The molecule has 1 amide bonds. The fourth-order valence-electron chi connectivity index (χ4n) is 2.44. The Morgan fingerprint density at radius 1 is 1.33 bits per heavy atom. The molecule has 6 heteroatoms. The number of carbonyl (C=O) groups is 1. The number of nitrogens with zero attached hydrogens (tertiary/aromatic N) is 3. The summed E-state index contributed by atoms with van der Waals surface area (Å²) in [6.45, 7) is 4.57. The van der Waals surface area contributed by atoms with Crippen LogP contribution in [0.15, 0.2) is 48.9 Å². The number of ether oxygens (including phenoxy) is 1. The van der Waals surface area contributed by atoms with E-state index in [2.05, 4.69) is 15.4 Å². The van der Waals surface area contributed by atoms with Gasteiger partial charge < -0.3 is 10.1 Å². The van der Waals surface area contributed by atoms with Crippen molar-refractivity contribution in [3.05, 3.63) is 54.5 Å². The van der Waals surface area contributed by atoms with Crippen LogP contribution in [0.5, 0.6) is 5.75 Å². The SMILES string of the molecule is Cc1cnn(C(C)C(=O)NCCOc2cccc3cccnc23)c1. The summed E-state index contributed by atoms with van der Waals surface area (Å²) in [6.07, 6.45) is 5.33. The van der Waals surface area contributed by atoms with E-state index in [1.807, 2.05) is 50.4 Å². The molecule has 1 unspecified atom stereocenters. The predicted molar refractivity (Wildman–Crippen MR) is 91.9 cm³/mol. The predicted octanol–water partition coefficient (Wildman–Crippen LogP) is 2.50. The summed E-state index contributed by atoms with van der Waals surface area (Å²) in [5.41, 5.74) is 1.85. The molecule has 0 spiro atoms. The maximum absolute atomic E-state index is 12.1. The van der Waals surface area contributed by atoms with E-state index in [4.69, 9.17) is 4.74 Å². The van der Waals surface area contributed by atoms with Crippen LogP contribution in [0.2, 0.25) is 0 Å². The molecule has 124 valence electrons. The fourth-order valence-corrected chi connectivity index (χ4v) is 2.44. The van der Waals surface area contributed by atoms with Crippen LogP contribution in [0, 0.1) is 6.92 Å². The zero-order valence-corrected chi connectivity index (χ0v) is 13.8. The number of carbonyl (C=O) groups excluding carboxylic acids is 1. The van der Waals surface area contributed by atoms with E-state index in [1.165, 1.54) is 0 Å². The molecule has 2 aromatic heterocycles. The summed E-state index contributed by atoms with van der Waals surface area (Å²) in [4.78, 5) is 16.5. The van der Waals surface area contributed by atoms with Gasteiger partial charge in [-0.05, 0) is 31.5 Å². The molecule has 0 fully saturated rings. The molecule has 0 aliphatic heterocycles. The van der Waals surface area contributed by atoms with Gasteiger partial charge in [0.2, 0.25) is 5.91 Å². The van der Waals surface area contributed by atoms with Crippen molar-refractivity contribution in [3.8, 4) is 5.75 Å². The van der Waals surface area contributed by atoms with Crippen LogP contribution in [-0.2, 0) is 4.79 Å². The minimum absolute atomic E-state index is 0.0854. The Kier molecular flexibility index (Phi) is 4.74. The number of para-hydroxylation sites is 1. The largest absolute Gasteiger partial charge is 0.489 e. The number of aromatic nitrogens is 3. The number of rotatable bonds is 6. The Bertz CT molecular complexity index is 838. The highest BCUT2D eigenvalue weighted by molar-refractivity contribution is 5.84. The molecule has 1 atom stereocenters. The number of aryl methyl sites for hydroxylation is 1. The average Bonchev–Trinajstić information content (AvgIpc) is 3.04. The average molecular weight is 324 g/mol. The number of amides is 1. The van der Waals surface area contributed by atoms with Gasteiger partial charge in [0.1, 0.15) is 23.9 Å². The van der Waals surface area contributed by atoms with Crippen LogP contribution in [0.25, 0.3) is 10.9 Å². The topological polar surface area (TPSA) is 69.0 Å². The number of hydrogen-bond acceptors (Lipinski definition) is 4. The second-order valence-electron chi connectivity index (χ2n) is 5.64. The molecule has 2 heterocycles. The van der Waals surface area contributed by atoms with E-state index in [0.717, 1.165) is 22.2 Å². The van der Waals surface area contributed by atoms with Gasteiger partial charge in [-0.15, -0.1) is 0 Å². The van der Waals surface area contributed by atoms with Gasteiger partial charge in [0, 0.05) is 17.8 Å². The Balaban J connectivity index is 1.52. The molecule has 0 aliphatic rings. The van der Waals surface area contributed by atoms with E-state index < -0.39 is 0 Å². The fraction of sp³-hybridized carbons (Fsp3) is 0.278. The normalized spacial score (nSPS) is 12.1. The first-order valence-electron chi connectivity index (χ1n) is 7.90. The van der Waals surface area contributed by atoms with Gasteiger partial charge >= 0.3 is 0 Å². The summed E-state index contributed by atoms with van der Waals surface area (Å²) >= 11 is 0. The first kappa shape index (κ1) is 16.0. The molecule has 0 saturated heterocycles. The zero-order chi connectivity index (χ0) is 16.9. The van der Waals surface area contributed by atoms with Crippen LogP contribution >= 0.6 is 0 Å². The third-order valence-corrected chi connectivity index (χ3v) is 3.76. The minimum atomic E-state index is -0.349. The van der Waals surface area contributed by atoms with Crippen molar-refractivity contribution in [1.29, 1.82) is 0 Å². The molecule has 1 aromatic carbocycles. The first-order valence-corrected chi connectivity index (χ1v) is 7.90. The van der Waals surface area contributed by atoms with Crippen molar-refractivity contribution in [1.82, 2.24) is 20.1 Å². The maximum atomic E-state index is 12.1. The number of benzene rings is 1. The molecule has 3 aromatic rings. The Morgan fingerprint density at radius 2 is 2.17 bits per heavy atom. The van der Waals surface area contributed by atoms with Crippen LogP contribution in [0.1, 0.15) is 18.5 Å². The molecular weight excluding hydrogens is 304 g/mol. The highest BCUT2D eigenvalue weighted by Crippen LogP contribution is 2.22. The molecule has 24 heavy (non-hydrogen) atoms. The van der Waals surface area contributed by atoms with Crippen LogP contribution < -0.4 is 10.1 Å². The quantitative estimate of drug-likeness (QED) is 0.707. The van der Waals surface area contributed by atoms with Crippen molar-refractivity contribution in [2.45, 2.75) is 19.9 Å². The van der Waals surface area contributed by atoms with Crippen molar-refractivity contribution < 1.29 is 9.53 Å².